The second kappa shape index (κ2) is 6.96. The van der Waals surface area contributed by atoms with Crippen LogP contribution in [0.3, 0.4) is 0 Å². The summed E-state index contributed by atoms with van der Waals surface area (Å²) in [5.74, 6) is 0. The first-order valence-corrected chi connectivity index (χ1v) is 9.74. The van der Waals surface area contributed by atoms with Crippen LogP contribution in [0.1, 0.15) is 20.3 Å². The topological polar surface area (TPSA) is 0 Å². The quantitative estimate of drug-likeness (QED) is 0.396. The fourth-order valence-electron chi connectivity index (χ4n) is 0.391. The van der Waals surface area contributed by atoms with Crippen LogP contribution in [-0.4, -0.2) is 0 Å². The predicted molar refractivity (Wildman–Crippen MR) is 42.9 cm³/mol. The summed E-state index contributed by atoms with van der Waals surface area (Å²) >= 11 is 4.25. The summed E-state index contributed by atoms with van der Waals surface area (Å²) in [5, 5.41) is 0. The number of hydrogen-bond donors (Lipinski definition) is 0. The molecule has 0 heterocycles. The minimum absolute atomic E-state index is 0.182. The Morgan fingerprint density at radius 1 is 1.67 bits per heavy atom. The van der Waals surface area contributed by atoms with Crippen molar-refractivity contribution in [2.75, 3.05) is 0 Å². The van der Waals surface area contributed by atoms with Crippen LogP contribution in [0.4, 0.5) is 0 Å². The van der Waals surface area contributed by atoms with Crippen molar-refractivity contribution >= 4 is 13.6 Å². The molecule has 0 rings (SSSR count). The molecule has 0 fully saturated rings. The van der Waals surface area contributed by atoms with E-state index in [-0.39, 0.29) is 5.41 Å². The summed E-state index contributed by atoms with van der Waals surface area (Å²) in [6.07, 6.45) is 2.89. The number of rotatable bonds is 2. The molecule has 0 aromatic rings. The van der Waals surface area contributed by atoms with E-state index in [4.69, 9.17) is 0 Å². The molecule has 0 aliphatic rings. The zero-order valence-corrected chi connectivity index (χ0v) is 10.8. The third-order valence-electron chi connectivity index (χ3n) is 0.697. The molecule has 0 N–H and O–H groups in total. The van der Waals surface area contributed by atoms with Crippen molar-refractivity contribution in [2.45, 2.75) is 20.3 Å². The first-order chi connectivity index (χ1) is 4.06. The summed E-state index contributed by atoms with van der Waals surface area (Å²) in [5.41, 5.74) is 0.182. The number of allylic oxidation sites excluding steroid dienone is 1. The Bertz CT molecular complexity index is 63.8. The van der Waals surface area contributed by atoms with Crippen molar-refractivity contribution in [1.29, 1.82) is 0 Å². The summed E-state index contributed by atoms with van der Waals surface area (Å²) < 4.78 is 0. The third-order valence-corrected chi connectivity index (χ3v) is 0.697. The van der Waals surface area contributed by atoms with Crippen LogP contribution in [0, 0.1) is 12.3 Å². The van der Waals surface area contributed by atoms with Gasteiger partial charge in [-0.3, -0.25) is 0 Å². The van der Waals surface area contributed by atoms with Gasteiger partial charge in [-0.15, -0.1) is 6.58 Å². The van der Waals surface area contributed by atoms with Gasteiger partial charge in [0.05, 0.1) is 0 Å². The van der Waals surface area contributed by atoms with Crippen molar-refractivity contribution in [3.05, 3.63) is 19.6 Å². The monoisotopic (exact) mass is 240 g/mol. The Morgan fingerprint density at radius 2 is 2.00 bits per heavy atom. The molecule has 9 heavy (non-hydrogen) atoms. The van der Waals surface area contributed by atoms with Crippen molar-refractivity contribution < 1.29 is 16.3 Å². The van der Waals surface area contributed by atoms with Gasteiger partial charge in [0.2, 0.25) is 0 Å². The van der Waals surface area contributed by atoms with Crippen LogP contribution in [-0.2, 0) is 16.3 Å². The van der Waals surface area contributed by atoms with Crippen LogP contribution >= 0.6 is 13.6 Å². The second-order valence-corrected chi connectivity index (χ2v) is 2.66. The fraction of sp³-hybridized carbons (Fsp3) is 0.571. The van der Waals surface area contributed by atoms with Crippen LogP contribution < -0.4 is 0 Å². The van der Waals surface area contributed by atoms with Crippen molar-refractivity contribution in [1.82, 2.24) is 0 Å². The van der Waals surface area contributed by atoms with Crippen molar-refractivity contribution in [3.8, 4) is 0 Å². The molecule has 0 aliphatic heterocycles. The Balaban J connectivity index is 0. The van der Waals surface area contributed by atoms with E-state index in [0.29, 0.717) is 0 Å². The summed E-state index contributed by atoms with van der Waals surface area (Å²) in [6, 6.07) is 0. The standard InChI is InChI=1S/C7H13.BrH.Zn/c1-5-6-7(2,3)4;;/h5H,1-2,6H2,3-4H3;1H;/q-1;;+2/p-1. The molecule has 2 heteroatoms. The fourth-order valence-corrected chi connectivity index (χ4v) is 0.391. The van der Waals surface area contributed by atoms with Gasteiger partial charge in [0.25, 0.3) is 0 Å². The molecule has 0 aromatic carbocycles. The van der Waals surface area contributed by atoms with Gasteiger partial charge in [0, 0.05) is 0 Å². The normalized spacial score (nSPS) is 9.56. The van der Waals surface area contributed by atoms with Crippen LogP contribution in [0.2, 0.25) is 0 Å². The van der Waals surface area contributed by atoms with E-state index in [0.717, 1.165) is 6.42 Å². The molecule has 0 aromatic heterocycles. The average molecular weight is 242 g/mol. The second-order valence-electron chi connectivity index (χ2n) is 2.66. The van der Waals surface area contributed by atoms with E-state index in [1.165, 1.54) is 16.3 Å². The first-order valence-electron chi connectivity index (χ1n) is 2.79. The Morgan fingerprint density at radius 3 is 2.00 bits per heavy atom. The van der Waals surface area contributed by atoms with Crippen molar-refractivity contribution in [2.24, 2.45) is 5.41 Å². The van der Waals surface area contributed by atoms with E-state index in [1.807, 2.05) is 6.08 Å². The summed E-state index contributed by atoms with van der Waals surface area (Å²) in [6.45, 7) is 11.7. The molecule has 0 bridgehead atoms. The maximum absolute atomic E-state index is 3.89. The van der Waals surface area contributed by atoms with Gasteiger partial charge >= 0.3 is 30.0 Å². The van der Waals surface area contributed by atoms with E-state index in [9.17, 15) is 0 Å². The zero-order chi connectivity index (χ0) is 7.91. The predicted octanol–water partition coefficient (Wildman–Crippen LogP) is 3.27. The van der Waals surface area contributed by atoms with Gasteiger partial charge in [0.1, 0.15) is 0 Å². The van der Waals surface area contributed by atoms with E-state index >= 15 is 0 Å². The van der Waals surface area contributed by atoms with Gasteiger partial charge in [-0.25, -0.2) is 0 Å². The van der Waals surface area contributed by atoms with E-state index < -0.39 is 0 Å². The third kappa shape index (κ3) is 17.7. The number of halogens is 1. The maximum atomic E-state index is 3.89. The molecule has 0 amide bonds. The van der Waals surface area contributed by atoms with Gasteiger partial charge < -0.3 is 6.92 Å². The summed E-state index contributed by atoms with van der Waals surface area (Å²) in [4.78, 5) is 0. The number of hydrogen-bond acceptors (Lipinski definition) is 0. The molecule has 50 valence electrons. The molecule has 0 saturated heterocycles. The van der Waals surface area contributed by atoms with Crippen LogP contribution in [0.5, 0.6) is 0 Å². The van der Waals surface area contributed by atoms with E-state index in [1.54, 1.807) is 0 Å². The molecule has 0 spiro atoms. The van der Waals surface area contributed by atoms with Gasteiger partial charge in [-0.1, -0.05) is 26.3 Å². The first kappa shape index (κ1) is 12.5. The van der Waals surface area contributed by atoms with Gasteiger partial charge in [-0.2, -0.15) is 5.41 Å². The molecule has 0 aliphatic carbocycles. The summed E-state index contributed by atoms with van der Waals surface area (Å²) in [7, 11) is 0. The molecule has 0 saturated carbocycles. The molecule has 0 unspecified atom stereocenters. The van der Waals surface area contributed by atoms with Gasteiger partial charge in [-0.05, 0) is 0 Å². The van der Waals surface area contributed by atoms with E-state index in [2.05, 4.69) is 41.0 Å². The zero-order valence-electron chi connectivity index (χ0n) is 6.28. The Kier molecular flexibility index (Phi) is 9.67. The van der Waals surface area contributed by atoms with Gasteiger partial charge in [0.15, 0.2) is 0 Å². The Labute approximate surface area is 75.1 Å². The molecule has 0 radical (unpaired) electrons. The van der Waals surface area contributed by atoms with Crippen LogP contribution in [0.15, 0.2) is 12.7 Å². The molecule has 0 atom stereocenters. The molecular weight excluding hydrogens is 229 g/mol. The van der Waals surface area contributed by atoms with Crippen molar-refractivity contribution in [3.63, 3.8) is 0 Å². The minimum atomic E-state index is 0.182. The molecular formula is C7H13BrZn. The van der Waals surface area contributed by atoms with Crippen LogP contribution in [0.25, 0.3) is 0 Å². The average Bonchev–Trinajstić information content (AvgIpc) is 1.69. The Hall–Kier alpha value is 0.843. The molecule has 0 nitrogen and oxygen atoms in total. The SMILES string of the molecule is C=CCC([CH2-])(C)C.[Zn+][Br].